The van der Waals surface area contributed by atoms with Crippen LogP contribution in [0, 0.1) is 0 Å². The molecule has 0 amide bonds. The number of carbonyl (C=O) groups excluding carboxylic acids is 2. The standard InChI is InChI=1S/C7H6F6O5/c8-5(9,3(15)16)7(12,13)6(10,11)4(17)18-2-1-14/h14H,1-2H2,(H,15,16)/p-1. The maximum atomic E-state index is 12.7. The fraction of sp³-hybridized carbons (Fsp3) is 0.714. The minimum atomic E-state index is -6.55. The average Bonchev–Trinajstić information content (AvgIpc) is 2.24. The van der Waals surface area contributed by atoms with E-state index in [1.54, 1.807) is 0 Å². The molecule has 0 atom stereocenters. The van der Waals surface area contributed by atoms with Crippen LogP contribution in [-0.2, 0) is 14.3 Å². The summed E-state index contributed by atoms with van der Waals surface area (Å²) < 4.78 is 78.7. The summed E-state index contributed by atoms with van der Waals surface area (Å²) in [5, 5.41) is 17.8. The molecule has 0 aliphatic heterocycles. The van der Waals surface area contributed by atoms with E-state index in [2.05, 4.69) is 4.74 Å². The molecule has 0 spiro atoms. The van der Waals surface area contributed by atoms with Crippen molar-refractivity contribution in [3.8, 4) is 0 Å². The molecule has 0 aromatic heterocycles. The highest BCUT2D eigenvalue weighted by Gasteiger charge is 2.76. The second kappa shape index (κ2) is 5.00. The molecule has 0 unspecified atom stereocenters. The van der Waals surface area contributed by atoms with Crippen molar-refractivity contribution in [3.05, 3.63) is 0 Å². The van der Waals surface area contributed by atoms with Crippen LogP contribution in [-0.4, -0.2) is 48.0 Å². The van der Waals surface area contributed by atoms with Crippen molar-refractivity contribution in [2.45, 2.75) is 17.8 Å². The van der Waals surface area contributed by atoms with Gasteiger partial charge in [-0.15, -0.1) is 0 Å². The van der Waals surface area contributed by atoms with Crippen LogP contribution in [0.2, 0.25) is 0 Å². The summed E-state index contributed by atoms with van der Waals surface area (Å²) in [6.07, 6.45) is 0. The lowest BCUT2D eigenvalue weighted by molar-refractivity contribution is -0.366. The van der Waals surface area contributed by atoms with E-state index in [0.717, 1.165) is 0 Å². The van der Waals surface area contributed by atoms with Crippen LogP contribution in [0.25, 0.3) is 0 Å². The van der Waals surface area contributed by atoms with Gasteiger partial charge >= 0.3 is 23.7 Å². The molecule has 0 rings (SSSR count). The summed E-state index contributed by atoms with van der Waals surface area (Å²) in [5.74, 6) is -25.8. The van der Waals surface area contributed by atoms with Gasteiger partial charge < -0.3 is 19.7 Å². The van der Waals surface area contributed by atoms with Gasteiger partial charge in [-0.05, 0) is 0 Å². The van der Waals surface area contributed by atoms with E-state index in [-0.39, 0.29) is 0 Å². The van der Waals surface area contributed by atoms with Crippen LogP contribution in [0.1, 0.15) is 0 Å². The largest absolute Gasteiger partial charge is 0.544 e. The van der Waals surface area contributed by atoms with Gasteiger partial charge in [-0.1, -0.05) is 0 Å². The van der Waals surface area contributed by atoms with Crippen LogP contribution in [0.15, 0.2) is 0 Å². The number of carboxylic acids is 1. The molecule has 11 heteroatoms. The first kappa shape index (κ1) is 16.5. The van der Waals surface area contributed by atoms with Crippen LogP contribution in [0.5, 0.6) is 0 Å². The zero-order chi connectivity index (χ0) is 14.8. The Morgan fingerprint density at radius 2 is 1.50 bits per heavy atom. The van der Waals surface area contributed by atoms with E-state index < -0.39 is 42.9 Å². The highest BCUT2D eigenvalue weighted by molar-refractivity contribution is 5.83. The molecular weight excluding hydrogens is 278 g/mol. The summed E-state index contributed by atoms with van der Waals surface area (Å²) in [7, 11) is 0. The first-order valence-corrected chi connectivity index (χ1v) is 4.06. The number of carboxylic acid groups (broad SMARTS) is 1. The normalized spacial score (nSPS) is 13.3. The van der Waals surface area contributed by atoms with E-state index >= 15 is 0 Å². The van der Waals surface area contributed by atoms with Crippen molar-refractivity contribution in [2.24, 2.45) is 0 Å². The predicted molar refractivity (Wildman–Crippen MR) is 37.9 cm³/mol. The predicted octanol–water partition coefficient (Wildman–Crippen LogP) is -0.822. The van der Waals surface area contributed by atoms with Crippen molar-refractivity contribution in [3.63, 3.8) is 0 Å². The highest BCUT2D eigenvalue weighted by Crippen LogP contribution is 2.46. The quantitative estimate of drug-likeness (QED) is 0.508. The Kier molecular flexibility index (Phi) is 4.58. The van der Waals surface area contributed by atoms with Crippen molar-refractivity contribution in [1.29, 1.82) is 0 Å². The third kappa shape index (κ3) is 2.49. The molecule has 0 aliphatic rings. The summed E-state index contributed by atoms with van der Waals surface area (Å²) in [5.41, 5.74) is 0. The van der Waals surface area contributed by atoms with Gasteiger partial charge in [0.2, 0.25) is 0 Å². The fourth-order valence-corrected chi connectivity index (χ4v) is 0.683. The molecule has 18 heavy (non-hydrogen) atoms. The summed E-state index contributed by atoms with van der Waals surface area (Å²) in [4.78, 5) is 20.1. The van der Waals surface area contributed by atoms with Crippen LogP contribution >= 0.6 is 0 Å². The van der Waals surface area contributed by atoms with Gasteiger partial charge in [0.05, 0.1) is 6.61 Å². The first-order chi connectivity index (χ1) is 7.92. The van der Waals surface area contributed by atoms with Gasteiger partial charge in [0, 0.05) is 0 Å². The van der Waals surface area contributed by atoms with E-state index in [1.807, 2.05) is 0 Å². The Bertz CT molecular complexity index is 341. The Labute approximate surface area is 94.9 Å². The summed E-state index contributed by atoms with van der Waals surface area (Å²) in [6, 6.07) is 0. The van der Waals surface area contributed by atoms with Crippen LogP contribution < -0.4 is 5.11 Å². The number of alkyl halides is 6. The van der Waals surface area contributed by atoms with Crippen LogP contribution in [0.4, 0.5) is 26.3 Å². The number of carbonyl (C=O) groups is 2. The third-order valence-electron chi connectivity index (χ3n) is 1.63. The number of aliphatic hydroxyl groups is 1. The van der Waals surface area contributed by atoms with Gasteiger partial charge in [-0.2, -0.15) is 26.3 Å². The fourth-order valence-electron chi connectivity index (χ4n) is 0.683. The summed E-state index contributed by atoms with van der Waals surface area (Å²) >= 11 is 0. The maximum absolute atomic E-state index is 12.7. The Hall–Kier alpha value is -1.52. The molecule has 0 bridgehead atoms. The first-order valence-electron chi connectivity index (χ1n) is 4.06. The van der Waals surface area contributed by atoms with Crippen molar-refractivity contribution in [2.75, 3.05) is 13.2 Å². The number of aliphatic hydroxyl groups excluding tert-OH is 1. The molecule has 1 N–H and O–H groups in total. The van der Waals surface area contributed by atoms with Crippen molar-refractivity contribution >= 4 is 11.9 Å². The zero-order valence-electron chi connectivity index (χ0n) is 8.26. The van der Waals surface area contributed by atoms with E-state index in [1.165, 1.54) is 0 Å². The SMILES string of the molecule is O=C([O-])C(F)(F)C(F)(F)C(F)(F)C(=O)OCCO. The molecule has 0 saturated heterocycles. The molecule has 0 saturated carbocycles. The van der Waals surface area contributed by atoms with E-state index in [0.29, 0.717) is 0 Å². The summed E-state index contributed by atoms with van der Waals surface area (Å²) in [6.45, 7) is -2.17. The number of ether oxygens (including phenoxy) is 1. The lowest BCUT2D eigenvalue weighted by Crippen LogP contribution is -2.64. The van der Waals surface area contributed by atoms with Crippen molar-refractivity contribution < 1.29 is 50.9 Å². The Morgan fingerprint density at radius 3 is 1.83 bits per heavy atom. The lowest BCUT2D eigenvalue weighted by Gasteiger charge is -2.31. The molecule has 106 valence electrons. The van der Waals surface area contributed by atoms with Gasteiger partial charge in [-0.25, -0.2) is 4.79 Å². The second-order valence-corrected chi connectivity index (χ2v) is 2.87. The molecule has 5 nitrogen and oxygen atoms in total. The van der Waals surface area contributed by atoms with Gasteiger partial charge in [0.25, 0.3) is 0 Å². The minimum Gasteiger partial charge on any atom is -0.544 e. The van der Waals surface area contributed by atoms with Gasteiger partial charge in [0.15, 0.2) is 0 Å². The number of hydrogen-bond donors (Lipinski definition) is 1. The van der Waals surface area contributed by atoms with Gasteiger partial charge in [-0.3, -0.25) is 0 Å². The number of rotatable bonds is 6. The van der Waals surface area contributed by atoms with E-state index in [4.69, 9.17) is 5.11 Å². The lowest BCUT2D eigenvalue weighted by atomic mass is 10.0. The second-order valence-electron chi connectivity index (χ2n) is 2.87. The number of esters is 1. The zero-order valence-corrected chi connectivity index (χ0v) is 8.26. The molecular formula is C7H5F6O5-. The van der Waals surface area contributed by atoms with Gasteiger partial charge in [0.1, 0.15) is 12.6 Å². The molecule has 0 aliphatic carbocycles. The number of halogens is 6. The van der Waals surface area contributed by atoms with E-state index in [9.17, 15) is 41.0 Å². The topological polar surface area (TPSA) is 86.7 Å². The maximum Gasteiger partial charge on any atom is 0.411 e. The molecule has 0 aromatic carbocycles. The minimum absolute atomic E-state index is 1.02. The molecule has 0 aromatic rings. The highest BCUT2D eigenvalue weighted by atomic mass is 19.3. The molecule has 0 fully saturated rings. The number of aliphatic carboxylic acids is 1. The number of hydrogen-bond acceptors (Lipinski definition) is 5. The monoisotopic (exact) mass is 283 g/mol. The molecule has 0 radical (unpaired) electrons. The third-order valence-corrected chi connectivity index (χ3v) is 1.63. The van der Waals surface area contributed by atoms with Crippen molar-refractivity contribution in [1.82, 2.24) is 0 Å². The smallest absolute Gasteiger partial charge is 0.411 e. The Balaban J connectivity index is 5.31. The Morgan fingerprint density at radius 1 is 1.06 bits per heavy atom. The average molecular weight is 283 g/mol. The van der Waals surface area contributed by atoms with Crippen LogP contribution in [0.3, 0.4) is 0 Å². The molecule has 0 heterocycles.